The SMILES string of the molecule is C=CC(COCOC)Cc1ccc(Cl)cc1. The molecule has 1 unspecified atom stereocenters. The van der Waals surface area contributed by atoms with Gasteiger partial charge in [-0.2, -0.15) is 0 Å². The first-order chi connectivity index (χ1) is 7.76. The second kappa shape index (κ2) is 7.44. The summed E-state index contributed by atoms with van der Waals surface area (Å²) in [6, 6.07) is 7.84. The Bertz CT molecular complexity index is 308. The number of hydrogen-bond acceptors (Lipinski definition) is 2. The van der Waals surface area contributed by atoms with Crippen molar-refractivity contribution in [1.29, 1.82) is 0 Å². The number of rotatable bonds is 7. The van der Waals surface area contributed by atoms with E-state index in [9.17, 15) is 0 Å². The molecule has 0 bridgehead atoms. The van der Waals surface area contributed by atoms with E-state index in [0.717, 1.165) is 11.4 Å². The predicted molar refractivity (Wildman–Crippen MR) is 66.7 cm³/mol. The summed E-state index contributed by atoms with van der Waals surface area (Å²) in [5.74, 6) is 0.302. The fourth-order valence-corrected chi connectivity index (χ4v) is 1.54. The normalized spacial score (nSPS) is 12.4. The average Bonchev–Trinajstić information content (AvgIpc) is 2.31. The smallest absolute Gasteiger partial charge is 0.146 e. The average molecular weight is 241 g/mol. The zero-order chi connectivity index (χ0) is 11.8. The summed E-state index contributed by atoms with van der Waals surface area (Å²) >= 11 is 5.82. The molecule has 1 atom stereocenters. The van der Waals surface area contributed by atoms with Crippen LogP contribution in [0.1, 0.15) is 5.56 Å². The standard InChI is InChI=1S/C13H17ClO2/c1-3-11(9-16-10-15-2)8-12-4-6-13(14)7-5-12/h3-7,11H,1,8-10H2,2H3. The minimum absolute atomic E-state index is 0.302. The molecule has 0 spiro atoms. The van der Waals surface area contributed by atoms with Crippen LogP contribution in [-0.4, -0.2) is 20.5 Å². The van der Waals surface area contributed by atoms with Gasteiger partial charge in [-0.1, -0.05) is 29.8 Å². The van der Waals surface area contributed by atoms with Crippen LogP contribution >= 0.6 is 11.6 Å². The molecule has 16 heavy (non-hydrogen) atoms. The van der Waals surface area contributed by atoms with Gasteiger partial charge in [0.25, 0.3) is 0 Å². The Hall–Kier alpha value is -0.830. The molecule has 0 amide bonds. The maximum Gasteiger partial charge on any atom is 0.146 e. The van der Waals surface area contributed by atoms with Crippen LogP contribution < -0.4 is 0 Å². The van der Waals surface area contributed by atoms with Gasteiger partial charge in [0.05, 0.1) is 6.61 Å². The maximum atomic E-state index is 5.82. The van der Waals surface area contributed by atoms with E-state index in [1.54, 1.807) is 7.11 Å². The molecule has 0 radical (unpaired) electrons. The Kier molecular flexibility index (Phi) is 6.16. The molecule has 3 heteroatoms. The summed E-state index contributed by atoms with van der Waals surface area (Å²) in [4.78, 5) is 0. The van der Waals surface area contributed by atoms with Gasteiger partial charge in [-0.05, 0) is 24.1 Å². The quantitative estimate of drug-likeness (QED) is 0.414. The van der Waals surface area contributed by atoms with Crippen LogP contribution in [0.25, 0.3) is 0 Å². The molecule has 0 aliphatic heterocycles. The molecule has 0 fully saturated rings. The number of hydrogen-bond donors (Lipinski definition) is 0. The molecule has 0 aromatic heterocycles. The van der Waals surface area contributed by atoms with Crippen molar-refractivity contribution in [3.05, 3.63) is 47.5 Å². The highest BCUT2D eigenvalue weighted by Crippen LogP contribution is 2.14. The number of benzene rings is 1. The molecule has 1 aromatic rings. The van der Waals surface area contributed by atoms with E-state index in [4.69, 9.17) is 21.1 Å². The van der Waals surface area contributed by atoms with Crippen molar-refractivity contribution in [1.82, 2.24) is 0 Å². The minimum Gasteiger partial charge on any atom is -0.359 e. The predicted octanol–water partition coefficient (Wildman–Crippen LogP) is 3.31. The Morgan fingerprint density at radius 3 is 2.62 bits per heavy atom. The van der Waals surface area contributed by atoms with Gasteiger partial charge in [-0.15, -0.1) is 6.58 Å². The third-order valence-corrected chi connectivity index (χ3v) is 2.53. The highest BCUT2D eigenvalue weighted by molar-refractivity contribution is 6.30. The lowest BCUT2D eigenvalue weighted by molar-refractivity contribution is -0.0385. The summed E-state index contributed by atoms with van der Waals surface area (Å²) in [5, 5.41) is 0.759. The van der Waals surface area contributed by atoms with Gasteiger partial charge in [0.2, 0.25) is 0 Å². The molecule has 0 aliphatic carbocycles. The molecule has 88 valence electrons. The van der Waals surface area contributed by atoms with E-state index in [0.29, 0.717) is 19.3 Å². The van der Waals surface area contributed by atoms with Crippen molar-refractivity contribution >= 4 is 11.6 Å². The van der Waals surface area contributed by atoms with Crippen molar-refractivity contribution in [3.63, 3.8) is 0 Å². The van der Waals surface area contributed by atoms with Crippen LogP contribution in [0.5, 0.6) is 0 Å². The summed E-state index contributed by atoms with van der Waals surface area (Å²) in [6.07, 6.45) is 2.81. The fourth-order valence-electron chi connectivity index (χ4n) is 1.42. The molecule has 2 nitrogen and oxygen atoms in total. The van der Waals surface area contributed by atoms with E-state index in [1.807, 2.05) is 30.3 Å². The van der Waals surface area contributed by atoms with Crippen LogP contribution in [0.15, 0.2) is 36.9 Å². The van der Waals surface area contributed by atoms with Crippen molar-refractivity contribution in [2.24, 2.45) is 5.92 Å². The zero-order valence-corrected chi connectivity index (χ0v) is 10.2. The molecule has 1 rings (SSSR count). The van der Waals surface area contributed by atoms with E-state index in [2.05, 4.69) is 6.58 Å². The van der Waals surface area contributed by atoms with Crippen molar-refractivity contribution in [2.75, 3.05) is 20.5 Å². The summed E-state index contributed by atoms with van der Waals surface area (Å²) < 4.78 is 10.1. The van der Waals surface area contributed by atoms with E-state index in [1.165, 1.54) is 5.56 Å². The van der Waals surface area contributed by atoms with Crippen LogP contribution in [-0.2, 0) is 15.9 Å². The molecule has 1 aromatic carbocycles. The van der Waals surface area contributed by atoms with Crippen molar-refractivity contribution in [2.45, 2.75) is 6.42 Å². The van der Waals surface area contributed by atoms with Crippen molar-refractivity contribution < 1.29 is 9.47 Å². The molecule has 0 aliphatic rings. The lowest BCUT2D eigenvalue weighted by atomic mass is 10.0. The Morgan fingerprint density at radius 2 is 2.06 bits per heavy atom. The lowest BCUT2D eigenvalue weighted by Gasteiger charge is -2.12. The minimum atomic E-state index is 0.302. The lowest BCUT2D eigenvalue weighted by Crippen LogP contribution is -2.11. The molecule has 0 heterocycles. The second-order valence-electron chi connectivity index (χ2n) is 3.60. The van der Waals surface area contributed by atoms with Crippen LogP contribution in [0.3, 0.4) is 0 Å². The highest BCUT2D eigenvalue weighted by atomic mass is 35.5. The molecular weight excluding hydrogens is 224 g/mol. The number of ether oxygens (including phenoxy) is 2. The van der Waals surface area contributed by atoms with Gasteiger partial charge in [0.15, 0.2) is 0 Å². The zero-order valence-electron chi connectivity index (χ0n) is 9.49. The Balaban J connectivity index is 2.43. The molecule has 0 saturated heterocycles. The monoisotopic (exact) mass is 240 g/mol. The molecule has 0 saturated carbocycles. The number of halogens is 1. The van der Waals surface area contributed by atoms with E-state index in [-0.39, 0.29) is 0 Å². The topological polar surface area (TPSA) is 18.5 Å². The first-order valence-electron chi connectivity index (χ1n) is 5.20. The van der Waals surface area contributed by atoms with E-state index < -0.39 is 0 Å². The van der Waals surface area contributed by atoms with Gasteiger partial charge in [-0.3, -0.25) is 0 Å². The van der Waals surface area contributed by atoms with E-state index >= 15 is 0 Å². The molecular formula is C13H17ClO2. The van der Waals surface area contributed by atoms with Gasteiger partial charge in [0.1, 0.15) is 6.79 Å². The maximum absolute atomic E-state index is 5.82. The van der Waals surface area contributed by atoms with Gasteiger partial charge in [0, 0.05) is 18.1 Å². The summed E-state index contributed by atoms with van der Waals surface area (Å²) in [6.45, 7) is 4.76. The van der Waals surface area contributed by atoms with Gasteiger partial charge >= 0.3 is 0 Å². The second-order valence-corrected chi connectivity index (χ2v) is 4.04. The Labute approximate surface area is 102 Å². The Morgan fingerprint density at radius 1 is 1.38 bits per heavy atom. The van der Waals surface area contributed by atoms with Crippen LogP contribution in [0.2, 0.25) is 5.02 Å². The summed E-state index contributed by atoms with van der Waals surface area (Å²) in [7, 11) is 1.61. The largest absolute Gasteiger partial charge is 0.359 e. The fraction of sp³-hybridized carbons (Fsp3) is 0.385. The van der Waals surface area contributed by atoms with Crippen molar-refractivity contribution in [3.8, 4) is 0 Å². The van der Waals surface area contributed by atoms with Crippen LogP contribution in [0.4, 0.5) is 0 Å². The third kappa shape index (κ3) is 4.79. The van der Waals surface area contributed by atoms with Gasteiger partial charge in [-0.25, -0.2) is 0 Å². The van der Waals surface area contributed by atoms with Gasteiger partial charge < -0.3 is 9.47 Å². The number of methoxy groups -OCH3 is 1. The van der Waals surface area contributed by atoms with Crippen LogP contribution in [0, 0.1) is 5.92 Å². The molecule has 0 N–H and O–H groups in total. The highest BCUT2D eigenvalue weighted by Gasteiger charge is 2.05. The third-order valence-electron chi connectivity index (χ3n) is 2.28. The first kappa shape index (κ1) is 13.2. The first-order valence-corrected chi connectivity index (χ1v) is 5.57. The summed E-state index contributed by atoms with van der Waals surface area (Å²) in [5.41, 5.74) is 1.23.